The highest BCUT2D eigenvalue weighted by molar-refractivity contribution is 6.03. The molecule has 0 saturated carbocycles. The van der Waals surface area contributed by atoms with Gasteiger partial charge in [-0.2, -0.15) is 0 Å². The number of Topliss-reactive ketones (excluding diaryl/α,β-unsaturated/α-hetero) is 1. The summed E-state index contributed by atoms with van der Waals surface area (Å²) in [5, 5.41) is 14.5. The van der Waals surface area contributed by atoms with Gasteiger partial charge in [0, 0.05) is 41.4 Å². The van der Waals surface area contributed by atoms with E-state index in [0.29, 0.717) is 41.9 Å². The molecule has 0 radical (unpaired) electrons. The standard InChI is InChI=1S/C21H24N2O5/c1-3-4-11-28-21(25)18-13(2)22-16-9-6-10-17(24)20(16)19(18)14-7-5-8-15(12-14)23(26)27/h5,7-8,12,19,22H,3-4,6,9-11H2,1-2H3/t19-/m1/s1. The van der Waals surface area contributed by atoms with Crippen molar-refractivity contribution >= 4 is 17.4 Å². The van der Waals surface area contributed by atoms with Crippen LogP contribution in [0.5, 0.6) is 0 Å². The van der Waals surface area contributed by atoms with Crippen molar-refractivity contribution in [3.05, 3.63) is 62.5 Å². The van der Waals surface area contributed by atoms with Crippen molar-refractivity contribution in [2.75, 3.05) is 6.61 Å². The van der Waals surface area contributed by atoms with Crippen LogP contribution in [-0.4, -0.2) is 23.3 Å². The Morgan fingerprint density at radius 2 is 2.14 bits per heavy atom. The van der Waals surface area contributed by atoms with Crippen molar-refractivity contribution in [2.45, 2.75) is 51.9 Å². The first-order valence-electron chi connectivity index (χ1n) is 9.59. The number of benzene rings is 1. The molecule has 0 unspecified atom stereocenters. The lowest BCUT2D eigenvalue weighted by atomic mass is 9.75. The normalized spacial score (nSPS) is 19.2. The van der Waals surface area contributed by atoms with Crippen LogP contribution in [0.3, 0.4) is 0 Å². The Hall–Kier alpha value is -2.96. The number of esters is 1. The molecule has 28 heavy (non-hydrogen) atoms. The van der Waals surface area contributed by atoms with Crippen LogP contribution in [0.1, 0.15) is 57.4 Å². The van der Waals surface area contributed by atoms with Crippen LogP contribution in [0, 0.1) is 10.1 Å². The Morgan fingerprint density at radius 3 is 2.86 bits per heavy atom. The molecule has 3 rings (SSSR count). The lowest BCUT2D eigenvalue weighted by Crippen LogP contribution is -2.34. The van der Waals surface area contributed by atoms with Gasteiger partial charge in [0.2, 0.25) is 0 Å². The van der Waals surface area contributed by atoms with E-state index in [2.05, 4.69) is 5.32 Å². The minimum Gasteiger partial charge on any atom is -0.462 e. The number of non-ortho nitro benzene ring substituents is 1. The molecule has 1 aromatic carbocycles. The Kier molecular flexibility index (Phi) is 5.92. The number of carbonyl (C=O) groups excluding carboxylic acids is 2. The third-order valence-electron chi connectivity index (χ3n) is 5.14. The van der Waals surface area contributed by atoms with Gasteiger partial charge in [-0.1, -0.05) is 25.5 Å². The van der Waals surface area contributed by atoms with Crippen molar-refractivity contribution in [3.63, 3.8) is 0 Å². The first-order chi connectivity index (χ1) is 13.4. The number of nitrogens with zero attached hydrogens (tertiary/aromatic N) is 1. The lowest BCUT2D eigenvalue weighted by Gasteiger charge is -2.34. The number of nitro groups is 1. The Labute approximate surface area is 163 Å². The van der Waals surface area contributed by atoms with Gasteiger partial charge in [0.1, 0.15) is 0 Å². The van der Waals surface area contributed by atoms with E-state index in [-0.39, 0.29) is 11.5 Å². The maximum atomic E-state index is 12.9. The number of ketones is 1. The predicted octanol–water partition coefficient (Wildman–Crippen LogP) is 3.91. The summed E-state index contributed by atoms with van der Waals surface area (Å²) in [7, 11) is 0. The smallest absolute Gasteiger partial charge is 0.336 e. The highest BCUT2D eigenvalue weighted by atomic mass is 16.6. The van der Waals surface area contributed by atoms with Crippen LogP contribution in [0.25, 0.3) is 0 Å². The quantitative estimate of drug-likeness (QED) is 0.346. The molecule has 0 amide bonds. The zero-order valence-electron chi connectivity index (χ0n) is 16.1. The summed E-state index contributed by atoms with van der Waals surface area (Å²) < 4.78 is 5.43. The van der Waals surface area contributed by atoms with E-state index in [9.17, 15) is 19.7 Å². The van der Waals surface area contributed by atoms with E-state index in [1.54, 1.807) is 19.1 Å². The van der Waals surface area contributed by atoms with E-state index >= 15 is 0 Å². The van der Waals surface area contributed by atoms with Gasteiger partial charge in [0.15, 0.2) is 5.78 Å². The summed E-state index contributed by atoms with van der Waals surface area (Å²) in [5.41, 5.74) is 2.80. The molecule has 0 fully saturated rings. The molecule has 148 valence electrons. The van der Waals surface area contributed by atoms with Gasteiger partial charge in [-0.3, -0.25) is 14.9 Å². The summed E-state index contributed by atoms with van der Waals surface area (Å²) in [5.74, 6) is -1.17. The minimum atomic E-state index is -0.655. The molecule has 0 bridgehead atoms. The van der Waals surface area contributed by atoms with Crippen molar-refractivity contribution in [2.24, 2.45) is 0 Å². The number of unbranched alkanes of at least 4 members (excludes halogenated alkanes) is 1. The molecule has 0 spiro atoms. The summed E-state index contributed by atoms with van der Waals surface area (Å²) >= 11 is 0. The average molecular weight is 384 g/mol. The highest BCUT2D eigenvalue weighted by Crippen LogP contribution is 2.43. The van der Waals surface area contributed by atoms with Gasteiger partial charge in [0.25, 0.3) is 5.69 Å². The molecule has 1 heterocycles. The molecule has 7 nitrogen and oxygen atoms in total. The number of hydrogen-bond acceptors (Lipinski definition) is 6. The van der Waals surface area contributed by atoms with E-state index in [4.69, 9.17) is 4.74 Å². The van der Waals surface area contributed by atoms with E-state index in [1.165, 1.54) is 12.1 Å². The molecule has 1 aliphatic carbocycles. The fraction of sp³-hybridized carbons (Fsp3) is 0.429. The molecular formula is C21H24N2O5. The number of allylic oxidation sites excluding steroid dienone is 3. The molecular weight excluding hydrogens is 360 g/mol. The fourth-order valence-corrected chi connectivity index (χ4v) is 3.79. The summed E-state index contributed by atoms with van der Waals surface area (Å²) in [6.45, 7) is 4.08. The highest BCUT2D eigenvalue weighted by Gasteiger charge is 2.39. The van der Waals surface area contributed by atoms with Crippen LogP contribution in [0.15, 0.2) is 46.8 Å². The number of dihydropyridines is 1. The fourth-order valence-electron chi connectivity index (χ4n) is 3.79. The maximum Gasteiger partial charge on any atom is 0.336 e. The molecule has 0 aromatic heterocycles. The number of hydrogen-bond donors (Lipinski definition) is 1. The third kappa shape index (κ3) is 3.83. The number of nitro benzene ring substituents is 1. The second-order valence-corrected chi connectivity index (χ2v) is 7.11. The third-order valence-corrected chi connectivity index (χ3v) is 5.14. The topological polar surface area (TPSA) is 98.5 Å². The van der Waals surface area contributed by atoms with Crippen LogP contribution < -0.4 is 5.32 Å². The molecule has 1 aliphatic heterocycles. The largest absolute Gasteiger partial charge is 0.462 e. The summed E-state index contributed by atoms with van der Waals surface area (Å²) in [6.07, 6.45) is 3.51. The van der Waals surface area contributed by atoms with Crippen molar-refractivity contribution in [1.82, 2.24) is 5.32 Å². The van der Waals surface area contributed by atoms with Gasteiger partial charge in [-0.15, -0.1) is 0 Å². The lowest BCUT2D eigenvalue weighted by molar-refractivity contribution is -0.384. The monoisotopic (exact) mass is 384 g/mol. The van der Waals surface area contributed by atoms with Gasteiger partial charge in [-0.05, 0) is 31.7 Å². The summed E-state index contributed by atoms with van der Waals surface area (Å²) in [6, 6.07) is 6.15. The van der Waals surface area contributed by atoms with Crippen LogP contribution in [-0.2, 0) is 14.3 Å². The minimum absolute atomic E-state index is 0.0309. The number of ether oxygens (including phenoxy) is 1. The number of carbonyl (C=O) groups is 2. The zero-order valence-corrected chi connectivity index (χ0v) is 16.1. The predicted molar refractivity (Wildman–Crippen MR) is 103 cm³/mol. The van der Waals surface area contributed by atoms with Gasteiger partial charge in [-0.25, -0.2) is 4.79 Å². The van der Waals surface area contributed by atoms with Crippen LogP contribution >= 0.6 is 0 Å². The second-order valence-electron chi connectivity index (χ2n) is 7.11. The van der Waals surface area contributed by atoms with Gasteiger partial charge >= 0.3 is 5.97 Å². The first kappa shape index (κ1) is 19.8. The van der Waals surface area contributed by atoms with E-state index in [0.717, 1.165) is 25.0 Å². The Balaban J connectivity index is 2.09. The second kappa shape index (κ2) is 8.37. The van der Waals surface area contributed by atoms with E-state index in [1.807, 2.05) is 6.92 Å². The Bertz CT molecular complexity index is 885. The van der Waals surface area contributed by atoms with Gasteiger partial charge in [0.05, 0.1) is 17.1 Å². The van der Waals surface area contributed by atoms with Crippen LogP contribution in [0.4, 0.5) is 5.69 Å². The molecule has 1 atom stereocenters. The average Bonchev–Trinajstić information content (AvgIpc) is 2.67. The maximum absolute atomic E-state index is 12.9. The zero-order chi connectivity index (χ0) is 20.3. The summed E-state index contributed by atoms with van der Waals surface area (Å²) in [4.78, 5) is 36.4. The van der Waals surface area contributed by atoms with E-state index < -0.39 is 16.8 Å². The van der Waals surface area contributed by atoms with Crippen molar-refractivity contribution in [3.8, 4) is 0 Å². The van der Waals surface area contributed by atoms with Crippen LogP contribution in [0.2, 0.25) is 0 Å². The number of nitrogens with one attached hydrogen (secondary N) is 1. The molecule has 1 N–H and O–H groups in total. The van der Waals surface area contributed by atoms with Crippen molar-refractivity contribution < 1.29 is 19.2 Å². The molecule has 0 saturated heterocycles. The van der Waals surface area contributed by atoms with Gasteiger partial charge < -0.3 is 10.1 Å². The Morgan fingerprint density at radius 1 is 1.36 bits per heavy atom. The number of rotatable bonds is 6. The SMILES string of the molecule is CCCCOC(=O)C1=C(C)NC2=C(C(=O)CCC2)[C@@H]1c1cccc([N+](=O)[O-])c1. The molecule has 1 aromatic rings. The molecule has 7 heteroatoms. The van der Waals surface area contributed by atoms with Crippen molar-refractivity contribution in [1.29, 1.82) is 0 Å². The first-order valence-corrected chi connectivity index (χ1v) is 9.59. The molecule has 2 aliphatic rings.